The lowest BCUT2D eigenvalue weighted by molar-refractivity contribution is 0.328. The van der Waals surface area contributed by atoms with Crippen molar-refractivity contribution < 1.29 is 0 Å². The molecule has 2 bridgehead atoms. The molecule has 0 heterocycles. The first kappa shape index (κ1) is 7.38. The second-order valence-corrected chi connectivity index (χ2v) is 4.99. The molecule has 0 aromatic heterocycles. The van der Waals surface area contributed by atoms with E-state index >= 15 is 0 Å². The Bertz CT molecular complexity index is 122. The Morgan fingerprint density at radius 2 is 2.10 bits per heavy atom. The molecule has 0 spiro atoms. The molecule has 3 unspecified atom stereocenters. The summed E-state index contributed by atoms with van der Waals surface area (Å²) < 4.78 is 1.38. The lowest BCUT2D eigenvalue weighted by atomic mass is 9.87. The standard InChI is InChI=1S/C9H15I/c10-4-3-9-6-7-1-2-8(9)5-7/h7-9H,1-6H2. The summed E-state index contributed by atoms with van der Waals surface area (Å²) >= 11 is 2.52. The third-order valence-corrected chi connectivity index (χ3v) is 3.99. The van der Waals surface area contributed by atoms with Gasteiger partial charge in [-0.05, 0) is 47.9 Å². The number of fused-ring (bicyclic) bond motifs is 2. The number of hydrogen-bond acceptors (Lipinski definition) is 0. The van der Waals surface area contributed by atoms with Crippen molar-refractivity contribution in [2.45, 2.75) is 32.1 Å². The van der Waals surface area contributed by atoms with Crippen LogP contribution in [0.5, 0.6) is 0 Å². The molecule has 2 aliphatic carbocycles. The number of hydrogen-bond donors (Lipinski definition) is 0. The summed E-state index contributed by atoms with van der Waals surface area (Å²) in [6.45, 7) is 0. The highest BCUT2D eigenvalue weighted by atomic mass is 127. The molecule has 58 valence electrons. The van der Waals surface area contributed by atoms with Crippen LogP contribution in [-0.2, 0) is 0 Å². The molecule has 0 N–H and O–H groups in total. The normalized spacial score (nSPS) is 44.7. The maximum Gasteiger partial charge on any atom is -0.000199 e. The lowest BCUT2D eigenvalue weighted by Crippen LogP contribution is -2.10. The average molecular weight is 250 g/mol. The highest BCUT2D eigenvalue weighted by Gasteiger charge is 2.38. The van der Waals surface area contributed by atoms with E-state index in [0.29, 0.717) is 0 Å². The van der Waals surface area contributed by atoms with Gasteiger partial charge in [0.05, 0.1) is 0 Å². The van der Waals surface area contributed by atoms with E-state index in [0.717, 1.165) is 17.8 Å². The molecule has 0 nitrogen and oxygen atoms in total. The summed E-state index contributed by atoms with van der Waals surface area (Å²) in [7, 11) is 0. The van der Waals surface area contributed by atoms with Gasteiger partial charge in [-0.1, -0.05) is 29.0 Å². The molecular formula is C9H15I. The maximum absolute atomic E-state index is 2.52. The van der Waals surface area contributed by atoms with Crippen LogP contribution >= 0.6 is 22.6 Å². The molecule has 2 aliphatic rings. The van der Waals surface area contributed by atoms with Crippen molar-refractivity contribution in [1.82, 2.24) is 0 Å². The van der Waals surface area contributed by atoms with Crippen molar-refractivity contribution in [3.63, 3.8) is 0 Å². The first-order valence-corrected chi connectivity index (χ1v) is 5.98. The van der Waals surface area contributed by atoms with Crippen molar-refractivity contribution in [1.29, 1.82) is 0 Å². The molecule has 0 aromatic rings. The Morgan fingerprint density at radius 1 is 1.20 bits per heavy atom. The molecule has 0 aromatic carbocycles. The van der Waals surface area contributed by atoms with E-state index < -0.39 is 0 Å². The van der Waals surface area contributed by atoms with E-state index in [1.165, 1.54) is 10.8 Å². The van der Waals surface area contributed by atoms with Crippen LogP contribution in [0.1, 0.15) is 32.1 Å². The fraction of sp³-hybridized carbons (Fsp3) is 1.00. The summed E-state index contributed by atoms with van der Waals surface area (Å²) in [5, 5.41) is 0. The molecule has 0 amide bonds. The fourth-order valence-electron chi connectivity index (χ4n) is 2.87. The van der Waals surface area contributed by atoms with Crippen LogP contribution in [0.2, 0.25) is 0 Å². The van der Waals surface area contributed by atoms with Gasteiger partial charge in [0.2, 0.25) is 0 Å². The Hall–Kier alpha value is 0.730. The van der Waals surface area contributed by atoms with Crippen LogP contribution in [-0.4, -0.2) is 4.43 Å². The Morgan fingerprint density at radius 3 is 2.60 bits per heavy atom. The first-order valence-electron chi connectivity index (χ1n) is 4.46. The topological polar surface area (TPSA) is 0 Å². The van der Waals surface area contributed by atoms with Gasteiger partial charge in [0, 0.05) is 0 Å². The smallest absolute Gasteiger partial charge is 0.000199 e. The van der Waals surface area contributed by atoms with Crippen molar-refractivity contribution in [2.24, 2.45) is 17.8 Å². The van der Waals surface area contributed by atoms with Gasteiger partial charge in [0.1, 0.15) is 0 Å². The molecule has 0 aliphatic heterocycles. The molecular weight excluding hydrogens is 235 g/mol. The first-order chi connectivity index (χ1) is 4.90. The van der Waals surface area contributed by atoms with E-state index in [-0.39, 0.29) is 0 Å². The summed E-state index contributed by atoms with van der Waals surface area (Å²) in [5.41, 5.74) is 0. The van der Waals surface area contributed by atoms with E-state index in [1.807, 2.05) is 0 Å². The van der Waals surface area contributed by atoms with Crippen molar-refractivity contribution in [3.05, 3.63) is 0 Å². The van der Waals surface area contributed by atoms with E-state index in [4.69, 9.17) is 0 Å². The Labute approximate surface area is 76.9 Å². The number of halogens is 1. The minimum Gasteiger partial charge on any atom is -0.0864 e. The molecule has 2 fully saturated rings. The fourth-order valence-corrected chi connectivity index (χ4v) is 3.67. The predicted octanol–water partition coefficient (Wildman–Crippen LogP) is 3.25. The van der Waals surface area contributed by atoms with Gasteiger partial charge < -0.3 is 0 Å². The summed E-state index contributed by atoms with van der Waals surface area (Å²) in [6.07, 6.45) is 7.78. The second-order valence-electron chi connectivity index (χ2n) is 3.91. The van der Waals surface area contributed by atoms with Crippen molar-refractivity contribution in [3.8, 4) is 0 Å². The number of rotatable bonds is 2. The van der Waals surface area contributed by atoms with Gasteiger partial charge in [-0.15, -0.1) is 0 Å². The maximum atomic E-state index is 2.52. The quantitative estimate of drug-likeness (QED) is 0.521. The zero-order chi connectivity index (χ0) is 6.97. The summed E-state index contributed by atoms with van der Waals surface area (Å²) in [6, 6.07) is 0. The Kier molecular flexibility index (Phi) is 2.21. The minimum atomic E-state index is 1.13. The third-order valence-electron chi connectivity index (χ3n) is 3.36. The van der Waals surface area contributed by atoms with E-state index in [1.54, 1.807) is 25.7 Å². The van der Waals surface area contributed by atoms with Gasteiger partial charge in [0.15, 0.2) is 0 Å². The summed E-state index contributed by atoms with van der Waals surface area (Å²) in [5.74, 6) is 3.44. The molecule has 3 atom stereocenters. The van der Waals surface area contributed by atoms with E-state index in [9.17, 15) is 0 Å². The van der Waals surface area contributed by atoms with Gasteiger partial charge >= 0.3 is 0 Å². The van der Waals surface area contributed by atoms with Gasteiger partial charge in [-0.25, -0.2) is 0 Å². The number of alkyl halides is 1. The monoisotopic (exact) mass is 250 g/mol. The zero-order valence-electron chi connectivity index (χ0n) is 6.35. The van der Waals surface area contributed by atoms with Gasteiger partial charge in [-0.2, -0.15) is 0 Å². The third kappa shape index (κ3) is 1.21. The largest absolute Gasteiger partial charge is 0.0864 e. The second kappa shape index (κ2) is 3.00. The average Bonchev–Trinajstić information content (AvgIpc) is 2.48. The highest BCUT2D eigenvalue weighted by molar-refractivity contribution is 14.1. The summed E-state index contributed by atoms with van der Waals surface area (Å²) in [4.78, 5) is 0. The molecule has 0 radical (unpaired) electrons. The highest BCUT2D eigenvalue weighted by Crippen LogP contribution is 2.49. The van der Waals surface area contributed by atoms with Crippen LogP contribution < -0.4 is 0 Å². The molecule has 10 heavy (non-hydrogen) atoms. The zero-order valence-corrected chi connectivity index (χ0v) is 8.51. The van der Waals surface area contributed by atoms with Crippen molar-refractivity contribution in [2.75, 3.05) is 4.43 Å². The van der Waals surface area contributed by atoms with Crippen molar-refractivity contribution >= 4 is 22.6 Å². The van der Waals surface area contributed by atoms with Gasteiger partial charge in [-0.3, -0.25) is 0 Å². The van der Waals surface area contributed by atoms with Crippen LogP contribution in [0, 0.1) is 17.8 Å². The molecule has 0 saturated heterocycles. The Balaban J connectivity index is 1.90. The molecule has 2 saturated carbocycles. The predicted molar refractivity (Wildman–Crippen MR) is 52.4 cm³/mol. The van der Waals surface area contributed by atoms with Gasteiger partial charge in [0.25, 0.3) is 0 Å². The van der Waals surface area contributed by atoms with Crippen LogP contribution in [0.3, 0.4) is 0 Å². The van der Waals surface area contributed by atoms with E-state index in [2.05, 4.69) is 22.6 Å². The molecule has 2 rings (SSSR count). The van der Waals surface area contributed by atoms with Crippen LogP contribution in [0.4, 0.5) is 0 Å². The lowest BCUT2D eigenvalue weighted by Gasteiger charge is -2.19. The van der Waals surface area contributed by atoms with Crippen LogP contribution in [0.15, 0.2) is 0 Å². The van der Waals surface area contributed by atoms with Crippen LogP contribution in [0.25, 0.3) is 0 Å². The minimum absolute atomic E-state index is 1.13. The molecule has 1 heteroatoms. The SMILES string of the molecule is ICCC1CC2CCC1C2.